The lowest BCUT2D eigenvalue weighted by Gasteiger charge is -2.07. The summed E-state index contributed by atoms with van der Waals surface area (Å²) in [6.07, 6.45) is 1.64. The standard InChI is InChI=1S/C14H13N3OS/c1-9-3-2-8-16-13(9)17-14(18)11-6-4-10(5-7-11)12(15)19/h2-8H,1H3,(H2,15,19)(H,16,17,18). The van der Waals surface area contributed by atoms with Crippen molar-refractivity contribution in [3.8, 4) is 0 Å². The van der Waals surface area contributed by atoms with Crippen molar-refractivity contribution in [2.75, 3.05) is 5.32 Å². The Labute approximate surface area is 116 Å². The molecule has 1 aromatic carbocycles. The predicted molar refractivity (Wildman–Crippen MR) is 79.3 cm³/mol. The van der Waals surface area contributed by atoms with Crippen LogP contribution in [0.15, 0.2) is 42.6 Å². The van der Waals surface area contributed by atoms with E-state index in [0.717, 1.165) is 11.1 Å². The molecule has 0 saturated heterocycles. The van der Waals surface area contributed by atoms with Crippen molar-refractivity contribution >= 4 is 28.9 Å². The molecule has 3 N–H and O–H groups in total. The van der Waals surface area contributed by atoms with Gasteiger partial charge in [0.2, 0.25) is 0 Å². The minimum atomic E-state index is -0.212. The fourth-order valence-electron chi connectivity index (χ4n) is 1.58. The lowest BCUT2D eigenvalue weighted by molar-refractivity contribution is 0.102. The first-order valence-corrected chi connectivity index (χ1v) is 6.11. The third kappa shape index (κ3) is 3.14. The predicted octanol–water partition coefficient (Wildman–Crippen LogP) is 2.28. The van der Waals surface area contributed by atoms with Crippen molar-refractivity contribution in [1.29, 1.82) is 0 Å². The van der Waals surface area contributed by atoms with Crippen molar-refractivity contribution in [1.82, 2.24) is 4.98 Å². The molecule has 0 aliphatic carbocycles. The number of anilines is 1. The van der Waals surface area contributed by atoms with Crippen LogP contribution in [0.5, 0.6) is 0 Å². The number of rotatable bonds is 3. The summed E-state index contributed by atoms with van der Waals surface area (Å²) in [5.74, 6) is 0.349. The van der Waals surface area contributed by atoms with E-state index in [1.165, 1.54) is 0 Å². The fraction of sp³-hybridized carbons (Fsp3) is 0.0714. The molecule has 0 saturated carbocycles. The summed E-state index contributed by atoms with van der Waals surface area (Å²) in [6.45, 7) is 1.89. The largest absolute Gasteiger partial charge is 0.389 e. The molecule has 0 radical (unpaired) electrons. The molecule has 2 rings (SSSR count). The number of nitrogens with zero attached hydrogens (tertiary/aromatic N) is 1. The Morgan fingerprint density at radius 1 is 1.21 bits per heavy atom. The van der Waals surface area contributed by atoms with Crippen LogP contribution >= 0.6 is 12.2 Å². The van der Waals surface area contributed by atoms with E-state index < -0.39 is 0 Å². The number of hydrogen-bond acceptors (Lipinski definition) is 3. The maximum atomic E-state index is 12.0. The molecular weight excluding hydrogens is 258 g/mol. The van der Waals surface area contributed by atoms with Crippen LogP contribution < -0.4 is 11.1 Å². The molecule has 0 aliphatic heterocycles. The van der Waals surface area contributed by atoms with E-state index >= 15 is 0 Å². The molecule has 5 heteroatoms. The van der Waals surface area contributed by atoms with Crippen LogP contribution in [0.25, 0.3) is 0 Å². The van der Waals surface area contributed by atoms with Crippen LogP contribution in [-0.4, -0.2) is 15.9 Å². The Balaban J connectivity index is 2.16. The van der Waals surface area contributed by atoms with Crippen LogP contribution in [0, 0.1) is 6.92 Å². The molecule has 0 fully saturated rings. The Hall–Kier alpha value is -2.27. The summed E-state index contributed by atoms with van der Waals surface area (Å²) < 4.78 is 0. The summed E-state index contributed by atoms with van der Waals surface area (Å²) in [5.41, 5.74) is 7.69. The number of carbonyl (C=O) groups excluding carboxylic acids is 1. The van der Waals surface area contributed by atoms with Crippen molar-refractivity contribution in [2.24, 2.45) is 5.73 Å². The molecule has 0 aliphatic rings. The van der Waals surface area contributed by atoms with Crippen molar-refractivity contribution in [3.63, 3.8) is 0 Å². The Kier molecular flexibility index (Phi) is 3.87. The van der Waals surface area contributed by atoms with Crippen molar-refractivity contribution < 1.29 is 4.79 Å². The zero-order chi connectivity index (χ0) is 13.8. The first-order chi connectivity index (χ1) is 9.08. The molecule has 96 valence electrons. The minimum absolute atomic E-state index is 0.212. The van der Waals surface area contributed by atoms with Crippen LogP contribution in [0.3, 0.4) is 0 Å². The maximum absolute atomic E-state index is 12.0. The van der Waals surface area contributed by atoms with Gasteiger partial charge in [0.05, 0.1) is 0 Å². The summed E-state index contributed by atoms with van der Waals surface area (Å²) in [7, 11) is 0. The molecule has 0 spiro atoms. The molecule has 1 amide bonds. The second kappa shape index (κ2) is 5.58. The highest BCUT2D eigenvalue weighted by Crippen LogP contribution is 2.12. The van der Waals surface area contributed by atoms with Gasteiger partial charge in [-0.05, 0) is 30.7 Å². The van der Waals surface area contributed by atoms with Crippen molar-refractivity contribution in [2.45, 2.75) is 6.92 Å². The molecule has 19 heavy (non-hydrogen) atoms. The summed E-state index contributed by atoms with van der Waals surface area (Å²) in [6, 6.07) is 10.5. The van der Waals surface area contributed by atoms with Gasteiger partial charge in [0, 0.05) is 17.3 Å². The highest BCUT2D eigenvalue weighted by molar-refractivity contribution is 7.80. The number of nitrogens with two attached hydrogens (primary N) is 1. The van der Waals surface area contributed by atoms with E-state index in [4.69, 9.17) is 18.0 Å². The Morgan fingerprint density at radius 2 is 1.84 bits per heavy atom. The zero-order valence-corrected chi connectivity index (χ0v) is 11.2. The smallest absolute Gasteiger partial charge is 0.256 e. The first kappa shape index (κ1) is 13.2. The number of nitrogens with one attached hydrogen (secondary N) is 1. The van der Waals surface area contributed by atoms with Gasteiger partial charge < -0.3 is 11.1 Å². The number of hydrogen-bond donors (Lipinski definition) is 2. The Bertz CT molecular complexity index is 623. The quantitative estimate of drug-likeness (QED) is 0.840. The van der Waals surface area contributed by atoms with E-state index in [1.54, 1.807) is 30.5 Å². The molecule has 1 heterocycles. The summed E-state index contributed by atoms with van der Waals surface area (Å²) in [5, 5.41) is 2.76. The summed E-state index contributed by atoms with van der Waals surface area (Å²) in [4.78, 5) is 16.5. The molecule has 0 unspecified atom stereocenters. The maximum Gasteiger partial charge on any atom is 0.256 e. The molecule has 0 bridgehead atoms. The topological polar surface area (TPSA) is 68.0 Å². The van der Waals surface area contributed by atoms with Crippen LogP contribution in [-0.2, 0) is 0 Å². The third-order valence-corrected chi connectivity index (χ3v) is 2.91. The number of aryl methyl sites for hydroxylation is 1. The molecule has 2 aromatic rings. The average molecular weight is 271 g/mol. The highest BCUT2D eigenvalue weighted by Gasteiger charge is 2.08. The number of aromatic nitrogens is 1. The zero-order valence-electron chi connectivity index (χ0n) is 10.4. The minimum Gasteiger partial charge on any atom is -0.389 e. The lowest BCUT2D eigenvalue weighted by Crippen LogP contribution is -2.15. The van der Waals surface area contributed by atoms with Gasteiger partial charge in [0.1, 0.15) is 10.8 Å². The number of benzene rings is 1. The normalized spacial score (nSPS) is 9.95. The molecular formula is C14H13N3OS. The van der Waals surface area contributed by atoms with E-state index in [1.807, 2.05) is 19.1 Å². The molecule has 4 nitrogen and oxygen atoms in total. The molecule has 1 aromatic heterocycles. The second-order valence-electron chi connectivity index (χ2n) is 4.06. The van der Waals surface area contributed by atoms with Crippen LogP contribution in [0.2, 0.25) is 0 Å². The van der Waals surface area contributed by atoms with E-state index in [-0.39, 0.29) is 5.91 Å². The van der Waals surface area contributed by atoms with Gasteiger partial charge in [0.25, 0.3) is 5.91 Å². The van der Waals surface area contributed by atoms with Gasteiger partial charge in [-0.25, -0.2) is 4.98 Å². The van der Waals surface area contributed by atoms with Crippen LogP contribution in [0.1, 0.15) is 21.5 Å². The Morgan fingerprint density at radius 3 is 2.42 bits per heavy atom. The van der Waals surface area contributed by atoms with E-state index in [9.17, 15) is 4.79 Å². The van der Waals surface area contributed by atoms with Crippen LogP contribution in [0.4, 0.5) is 5.82 Å². The van der Waals surface area contributed by atoms with E-state index in [2.05, 4.69) is 10.3 Å². The van der Waals surface area contributed by atoms with E-state index in [0.29, 0.717) is 16.4 Å². The molecule has 0 atom stereocenters. The summed E-state index contributed by atoms with van der Waals surface area (Å²) >= 11 is 4.86. The highest BCUT2D eigenvalue weighted by atomic mass is 32.1. The third-order valence-electron chi connectivity index (χ3n) is 2.67. The second-order valence-corrected chi connectivity index (χ2v) is 4.50. The van der Waals surface area contributed by atoms with Gasteiger partial charge in [-0.1, -0.05) is 30.4 Å². The SMILES string of the molecule is Cc1cccnc1NC(=O)c1ccc(C(N)=S)cc1. The number of pyridine rings is 1. The number of carbonyl (C=O) groups is 1. The van der Waals surface area contributed by atoms with Crippen molar-refractivity contribution in [3.05, 3.63) is 59.3 Å². The first-order valence-electron chi connectivity index (χ1n) is 5.71. The number of amides is 1. The lowest BCUT2D eigenvalue weighted by atomic mass is 10.1. The monoisotopic (exact) mass is 271 g/mol. The van der Waals surface area contributed by atoms with Gasteiger partial charge in [-0.15, -0.1) is 0 Å². The average Bonchev–Trinajstić information content (AvgIpc) is 2.41. The van der Waals surface area contributed by atoms with Gasteiger partial charge in [-0.3, -0.25) is 4.79 Å². The van der Waals surface area contributed by atoms with Gasteiger partial charge in [-0.2, -0.15) is 0 Å². The number of thiocarbonyl (C=S) groups is 1. The van der Waals surface area contributed by atoms with Gasteiger partial charge >= 0.3 is 0 Å². The fourth-order valence-corrected chi connectivity index (χ4v) is 1.72. The van der Waals surface area contributed by atoms with Gasteiger partial charge in [0.15, 0.2) is 0 Å².